The first-order valence-corrected chi connectivity index (χ1v) is 7.17. The summed E-state index contributed by atoms with van der Waals surface area (Å²) in [5.41, 5.74) is 7.63. The van der Waals surface area contributed by atoms with Crippen molar-refractivity contribution in [2.75, 3.05) is 12.8 Å². The van der Waals surface area contributed by atoms with Crippen LogP contribution in [0, 0.1) is 0 Å². The first kappa shape index (κ1) is 12.8. The number of ether oxygens (including phenoxy) is 2. The van der Waals surface area contributed by atoms with Crippen LogP contribution in [0.2, 0.25) is 0 Å². The average molecular weight is 285 g/mol. The number of fused-ring (bicyclic) bond motifs is 1. The molecule has 0 saturated carbocycles. The number of rotatable bonds is 4. The highest BCUT2D eigenvalue weighted by Gasteiger charge is 2.08. The lowest BCUT2D eigenvalue weighted by atomic mass is 10.2. The maximum absolute atomic E-state index is 5.86. The van der Waals surface area contributed by atoms with E-state index in [1.807, 2.05) is 18.2 Å². The van der Waals surface area contributed by atoms with Crippen LogP contribution in [0.1, 0.15) is 5.56 Å². The molecule has 3 nitrogen and oxygen atoms in total. The molecule has 1 aromatic heterocycles. The Kier molecular flexibility index (Phi) is 3.48. The van der Waals surface area contributed by atoms with Gasteiger partial charge in [0.1, 0.15) is 6.61 Å². The predicted octanol–water partition coefficient (Wildman–Crippen LogP) is 4.07. The van der Waals surface area contributed by atoms with Crippen LogP contribution in [0.4, 0.5) is 5.69 Å². The van der Waals surface area contributed by atoms with Crippen molar-refractivity contribution in [3.8, 4) is 11.5 Å². The van der Waals surface area contributed by atoms with Gasteiger partial charge in [-0.1, -0.05) is 18.2 Å². The Bertz CT molecular complexity index is 736. The molecule has 0 bridgehead atoms. The van der Waals surface area contributed by atoms with Gasteiger partial charge in [-0.3, -0.25) is 0 Å². The van der Waals surface area contributed by atoms with Gasteiger partial charge < -0.3 is 15.2 Å². The second-order valence-electron chi connectivity index (χ2n) is 4.46. The molecule has 0 atom stereocenters. The van der Waals surface area contributed by atoms with Crippen LogP contribution in [0.3, 0.4) is 0 Å². The first-order valence-electron chi connectivity index (χ1n) is 6.29. The third kappa shape index (κ3) is 2.42. The van der Waals surface area contributed by atoms with E-state index in [1.54, 1.807) is 30.6 Å². The molecule has 2 aromatic carbocycles. The van der Waals surface area contributed by atoms with Crippen LogP contribution in [-0.4, -0.2) is 7.11 Å². The van der Waals surface area contributed by atoms with Crippen molar-refractivity contribution in [1.82, 2.24) is 0 Å². The number of hydrogen-bond donors (Lipinski definition) is 1. The zero-order valence-electron chi connectivity index (χ0n) is 11.1. The number of nitrogens with two attached hydrogens (primary N) is 1. The van der Waals surface area contributed by atoms with Gasteiger partial charge in [0, 0.05) is 22.0 Å². The maximum Gasteiger partial charge on any atom is 0.163 e. The molecule has 0 aliphatic rings. The van der Waals surface area contributed by atoms with E-state index in [4.69, 9.17) is 15.2 Å². The van der Waals surface area contributed by atoms with Crippen LogP contribution in [-0.2, 0) is 6.61 Å². The topological polar surface area (TPSA) is 44.5 Å². The van der Waals surface area contributed by atoms with E-state index in [0.717, 1.165) is 0 Å². The van der Waals surface area contributed by atoms with Crippen molar-refractivity contribution in [2.24, 2.45) is 0 Å². The number of hydrogen-bond acceptors (Lipinski definition) is 4. The SMILES string of the molecule is COc1ccc(N)cc1OCc1csc2ccccc12. The standard InChI is InChI=1S/C16H15NO2S/c1-18-14-7-6-12(17)8-15(14)19-9-11-10-20-16-5-3-2-4-13(11)16/h2-8,10H,9,17H2,1H3. The van der Waals surface area contributed by atoms with Gasteiger partial charge in [0.25, 0.3) is 0 Å². The van der Waals surface area contributed by atoms with Crippen molar-refractivity contribution in [3.05, 3.63) is 53.4 Å². The highest BCUT2D eigenvalue weighted by molar-refractivity contribution is 7.17. The molecule has 0 amide bonds. The Morgan fingerprint density at radius 3 is 2.80 bits per heavy atom. The Hall–Kier alpha value is -2.20. The van der Waals surface area contributed by atoms with E-state index in [9.17, 15) is 0 Å². The third-order valence-corrected chi connectivity index (χ3v) is 4.14. The molecule has 0 spiro atoms. The van der Waals surface area contributed by atoms with E-state index in [1.165, 1.54) is 15.6 Å². The Morgan fingerprint density at radius 2 is 1.95 bits per heavy atom. The number of nitrogen functional groups attached to an aromatic ring is 1. The van der Waals surface area contributed by atoms with Crippen molar-refractivity contribution >= 4 is 27.1 Å². The molecule has 0 saturated heterocycles. The summed E-state index contributed by atoms with van der Waals surface area (Å²) in [6.07, 6.45) is 0. The smallest absolute Gasteiger partial charge is 0.163 e. The molecule has 4 heteroatoms. The molecule has 3 aromatic rings. The number of benzene rings is 2. The van der Waals surface area contributed by atoms with Crippen LogP contribution in [0.5, 0.6) is 11.5 Å². The highest BCUT2D eigenvalue weighted by atomic mass is 32.1. The molecule has 20 heavy (non-hydrogen) atoms. The third-order valence-electron chi connectivity index (χ3n) is 3.13. The van der Waals surface area contributed by atoms with Crippen molar-refractivity contribution < 1.29 is 9.47 Å². The van der Waals surface area contributed by atoms with Gasteiger partial charge >= 0.3 is 0 Å². The molecule has 0 fully saturated rings. The van der Waals surface area contributed by atoms with Crippen molar-refractivity contribution in [1.29, 1.82) is 0 Å². The first-order chi connectivity index (χ1) is 9.78. The Balaban J connectivity index is 1.84. The molecule has 0 radical (unpaired) electrons. The van der Waals surface area contributed by atoms with Crippen LogP contribution >= 0.6 is 11.3 Å². The lowest BCUT2D eigenvalue weighted by Crippen LogP contribution is -1.98. The summed E-state index contributed by atoms with van der Waals surface area (Å²) in [6.45, 7) is 0.504. The quantitative estimate of drug-likeness (QED) is 0.735. The maximum atomic E-state index is 5.86. The van der Waals surface area contributed by atoms with Crippen molar-refractivity contribution in [2.45, 2.75) is 6.61 Å². The molecule has 2 N–H and O–H groups in total. The molecule has 0 aliphatic carbocycles. The fourth-order valence-corrected chi connectivity index (χ4v) is 3.05. The summed E-state index contributed by atoms with van der Waals surface area (Å²) in [5, 5.41) is 3.36. The van der Waals surface area contributed by atoms with Crippen LogP contribution in [0.15, 0.2) is 47.8 Å². The van der Waals surface area contributed by atoms with Gasteiger partial charge in [0.2, 0.25) is 0 Å². The summed E-state index contributed by atoms with van der Waals surface area (Å²) in [5.74, 6) is 1.36. The van der Waals surface area contributed by atoms with Gasteiger partial charge in [0.05, 0.1) is 7.11 Å². The fraction of sp³-hybridized carbons (Fsp3) is 0.125. The summed E-state index contributed by atoms with van der Waals surface area (Å²) >= 11 is 1.73. The summed E-state index contributed by atoms with van der Waals surface area (Å²) in [6, 6.07) is 13.7. The Morgan fingerprint density at radius 1 is 1.10 bits per heavy atom. The van der Waals surface area contributed by atoms with Crippen molar-refractivity contribution in [3.63, 3.8) is 0 Å². The van der Waals surface area contributed by atoms with E-state index in [2.05, 4.69) is 17.5 Å². The molecule has 3 rings (SSSR count). The Labute approximate surface area is 121 Å². The minimum absolute atomic E-state index is 0.504. The highest BCUT2D eigenvalue weighted by Crippen LogP contribution is 2.31. The minimum atomic E-state index is 0.504. The second kappa shape index (κ2) is 5.43. The second-order valence-corrected chi connectivity index (χ2v) is 5.37. The molecular weight excluding hydrogens is 270 g/mol. The zero-order chi connectivity index (χ0) is 13.9. The van der Waals surface area contributed by atoms with Gasteiger partial charge in [-0.25, -0.2) is 0 Å². The molecule has 1 heterocycles. The average Bonchev–Trinajstić information content (AvgIpc) is 2.88. The predicted molar refractivity (Wildman–Crippen MR) is 83.6 cm³/mol. The lowest BCUT2D eigenvalue weighted by Gasteiger charge is -2.11. The normalized spacial score (nSPS) is 10.7. The minimum Gasteiger partial charge on any atom is -0.493 e. The zero-order valence-corrected chi connectivity index (χ0v) is 11.9. The van der Waals surface area contributed by atoms with Crippen LogP contribution < -0.4 is 15.2 Å². The summed E-state index contributed by atoms with van der Waals surface area (Å²) in [7, 11) is 1.62. The van der Waals surface area contributed by atoms with Gasteiger partial charge in [-0.15, -0.1) is 11.3 Å². The number of anilines is 1. The summed E-state index contributed by atoms with van der Waals surface area (Å²) in [4.78, 5) is 0. The van der Waals surface area contributed by atoms with E-state index < -0.39 is 0 Å². The fourth-order valence-electron chi connectivity index (χ4n) is 2.11. The van der Waals surface area contributed by atoms with E-state index in [0.29, 0.717) is 23.8 Å². The van der Waals surface area contributed by atoms with E-state index >= 15 is 0 Å². The molecule has 0 aliphatic heterocycles. The van der Waals surface area contributed by atoms with Gasteiger partial charge in [0.15, 0.2) is 11.5 Å². The van der Waals surface area contributed by atoms with Gasteiger partial charge in [-0.05, 0) is 29.0 Å². The lowest BCUT2D eigenvalue weighted by molar-refractivity contribution is 0.286. The summed E-state index contributed by atoms with van der Waals surface area (Å²) < 4.78 is 12.4. The monoisotopic (exact) mass is 285 g/mol. The molecule has 102 valence electrons. The van der Waals surface area contributed by atoms with E-state index in [-0.39, 0.29) is 0 Å². The number of thiophene rings is 1. The molecular formula is C16H15NO2S. The number of methoxy groups -OCH3 is 1. The largest absolute Gasteiger partial charge is 0.493 e. The van der Waals surface area contributed by atoms with Gasteiger partial charge in [-0.2, -0.15) is 0 Å². The van der Waals surface area contributed by atoms with Crippen LogP contribution in [0.25, 0.3) is 10.1 Å². The molecule has 0 unspecified atom stereocenters.